The van der Waals surface area contributed by atoms with Crippen LogP contribution in [0, 0.1) is 11.3 Å². The number of unbranched alkanes of at least 4 members (excludes halogenated alkanes) is 1. The van der Waals surface area contributed by atoms with E-state index in [0.29, 0.717) is 5.41 Å². The highest BCUT2D eigenvalue weighted by molar-refractivity contribution is 4.89. The molecule has 2 heteroatoms. The molecule has 18 heavy (non-hydrogen) atoms. The Morgan fingerprint density at radius 2 is 2.00 bits per heavy atom. The van der Waals surface area contributed by atoms with Gasteiger partial charge in [0.2, 0.25) is 0 Å². The molecule has 2 atom stereocenters. The summed E-state index contributed by atoms with van der Waals surface area (Å²) in [5, 5.41) is 3.55. The maximum atomic E-state index is 3.55. The van der Waals surface area contributed by atoms with E-state index >= 15 is 0 Å². The lowest BCUT2D eigenvalue weighted by molar-refractivity contribution is 0.104. The van der Waals surface area contributed by atoms with Crippen molar-refractivity contribution >= 4 is 0 Å². The predicted octanol–water partition coefficient (Wildman–Crippen LogP) is 3.52. The minimum absolute atomic E-state index is 0.544. The quantitative estimate of drug-likeness (QED) is 0.748. The topological polar surface area (TPSA) is 15.3 Å². The van der Waals surface area contributed by atoms with Crippen LogP contribution in [-0.4, -0.2) is 37.6 Å². The molecule has 1 aliphatic rings. The van der Waals surface area contributed by atoms with E-state index in [0.717, 1.165) is 12.0 Å². The van der Waals surface area contributed by atoms with Crippen LogP contribution in [0.3, 0.4) is 0 Å². The van der Waals surface area contributed by atoms with Crippen molar-refractivity contribution < 1.29 is 0 Å². The molecule has 0 bridgehead atoms. The van der Waals surface area contributed by atoms with Gasteiger partial charge in [0.1, 0.15) is 0 Å². The summed E-state index contributed by atoms with van der Waals surface area (Å²) < 4.78 is 0. The van der Waals surface area contributed by atoms with Crippen LogP contribution >= 0.6 is 0 Å². The molecule has 1 N–H and O–H groups in total. The van der Waals surface area contributed by atoms with Crippen LogP contribution in [0.25, 0.3) is 0 Å². The molecule has 0 saturated heterocycles. The standard InChI is InChI=1S/C16H34N2/c1-6-8-11-18(7-2)13-14-12-16(3,4)10-9-15(14)17-5/h14-15,17H,6-13H2,1-5H3. The van der Waals surface area contributed by atoms with Crippen molar-refractivity contribution in [1.82, 2.24) is 10.2 Å². The molecule has 1 fully saturated rings. The van der Waals surface area contributed by atoms with E-state index < -0.39 is 0 Å². The second kappa shape index (κ2) is 7.49. The number of hydrogen-bond acceptors (Lipinski definition) is 2. The summed E-state index contributed by atoms with van der Waals surface area (Å²) in [5.41, 5.74) is 0.544. The summed E-state index contributed by atoms with van der Waals surface area (Å²) in [6.07, 6.45) is 6.74. The van der Waals surface area contributed by atoms with E-state index in [1.807, 2.05) is 0 Å². The Hall–Kier alpha value is -0.0800. The lowest BCUT2D eigenvalue weighted by Gasteiger charge is -2.42. The van der Waals surface area contributed by atoms with E-state index in [-0.39, 0.29) is 0 Å². The third-order valence-electron chi connectivity index (χ3n) is 4.65. The van der Waals surface area contributed by atoms with Crippen molar-refractivity contribution in [1.29, 1.82) is 0 Å². The Morgan fingerprint density at radius 3 is 2.56 bits per heavy atom. The molecule has 0 spiro atoms. The Balaban J connectivity index is 2.53. The largest absolute Gasteiger partial charge is 0.317 e. The average Bonchev–Trinajstić information content (AvgIpc) is 2.33. The van der Waals surface area contributed by atoms with E-state index in [2.05, 4.69) is 45.0 Å². The highest BCUT2D eigenvalue weighted by Crippen LogP contribution is 2.38. The molecular formula is C16H34N2. The monoisotopic (exact) mass is 254 g/mol. The van der Waals surface area contributed by atoms with Crippen molar-refractivity contribution in [3.63, 3.8) is 0 Å². The summed E-state index contributed by atoms with van der Waals surface area (Å²) in [5.74, 6) is 0.829. The van der Waals surface area contributed by atoms with E-state index in [1.165, 1.54) is 51.7 Å². The molecule has 2 nitrogen and oxygen atoms in total. The van der Waals surface area contributed by atoms with Gasteiger partial charge in [0.05, 0.1) is 0 Å². The summed E-state index contributed by atoms with van der Waals surface area (Å²) >= 11 is 0. The van der Waals surface area contributed by atoms with Gasteiger partial charge >= 0.3 is 0 Å². The fourth-order valence-corrected chi connectivity index (χ4v) is 3.40. The first-order valence-corrected chi connectivity index (χ1v) is 7.92. The summed E-state index contributed by atoms with van der Waals surface area (Å²) in [6.45, 7) is 13.2. The van der Waals surface area contributed by atoms with Crippen molar-refractivity contribution in [3.05, 3.63) is 0 Å². The lowest BCUT2D eigenvalue weighted by Crippen LogP contribution is -2.46. The highest BCUT2D eigenvalue weighted by Gasteiger charge is 2.34. The van der Waals surface area contributed by atoms with Crippen LogP contribution in [0.5, 0.6) is 0 Å². The van der Waals surface area contributed by atoms with Gasteiger partial charge in [-0.15, -0.1) is 0 Å². The number of rotatable bonds is 7. The minimum Gasteiger partial charge on any atom is -0.317 e. The summed E-state index contributed by atoms with van der Waals surface area (Å²) in [4.78, 5) is 2.65. The van der Waals surface area contributed by atoms with Gasteiger partial charge in [0, 0.05) is 12.6 Å². The molecule has 0 aromatic heterocycles. The predicted molar refractivity (Wildman–Crippen MR) is 81.0 cm³/mol. The van der Waals surface area contributed by atoms with E-state index in [9.17, 15) is 0 Å². The zero-order valence-corrected chi connectivity index (χ0v) is 13.3. The summed E-state index contributed by atoms with van der Waals surface area (Å²) in [6, 6.07) is 0.730. The lowest BCUT2D eigenvalue weighted by atomic mass is 9.69. The zero-order valence-electron chi connectivity index (χ0n) is 13.3. The first-order valence-electron chi connectivity index (χ1n) is 7.92. The molecular weight excluding hydrogens is 220 g/mol. The molecule has 2 unspecified atom stereocenters. The SMILES string of the molecule is CCCCN(CC)CC1CC(C)(C)CCC1NC. The molecule has 0 aromatic carbocycles. The van der Waals surface area contributed by atoms with Crippen molar-refractivity contribution in [2.75, 3.05) is 26.7 Å². The van der Waals surface area contributed by atoms with E-state index in [1.54, 1.807) is 0 Å². The van der Waals surface area contributed by atoms with Gasteiger partial charge in [0.15, 0.2) is 0 Å². The zero-order chi connectivity index (χ0) is 13.6. The fraction of sp³-hybridized carbons (Fsp3) is 1.00. The van der Waals surface area contributed by atoms with Gasteiger partial charge in [-0.3, -0.25) is 0 Å². The average molecular weight is 254 g/mol. The first kappa shape index (κ1) is 16.0. The van der Waals surface area contributed by atoms with Crippen LogP contribution in [-0.2, 0) is 0 Å². The van der Waals surface area contributed by atoms with Gasteiger partial charge < -0.3 is 10.2 Å². The maximum absolute atomic E-state index is 3.55. The Kier molecular flexibility index (Phi) is 6.65. The molecule has 0 heterocycles. The van der Waals surface area contributed by atoms with Crippen LogP contribution in [0.4, 0.5) is 0 Å². The number of nitrogens with one attached hydrogen (secondary N) is 1. The molecule has 0 radical (unpaired) electrons. The van der Waals surface area contributed by atoms with Gasteiger partial charge in [-0.25, -0.2) is 0 Å². The van der Waals surface area contributed by atoms with E-state index in [4.69, 9.17) is 0 Å². The van der Waals surface area contributed by atoms with Crippen LogP contribution in [0.15, 0.2) is 0 Å². The van der Waals surface area contributed by atoms with Crippen LogP contribution in [0.2, 0.25) is 0 Å². The minimum atomic E-state index is 0.544. The van der Waals surface area contributed by atoms with Gasteiger partial charge in [-0.1, -0.05) is 34.1 Å². The Labute approximate surface area is 115 Å². The van der Waals surface area contributed by atoms with Crippen molar-refractivity contribution in [2.45, 2.75) is 65.8 Å². The molecule has 0 aliphatic heterocycles. The van der Waals surface area contributed by atoms with Crippen LogP contribution in [0.1, 0.15) is 59.8 Å². The second-order valence-corrected chi connectivity index (χ2v) is 6.81. The third-order valence-corrected chi connectivity index (χ3v) is 4.65. The van der Waals surface area contributed by atoms with Gasteiger partial charge in [-0.2, -0.15) is 0 Å². The Morgan fingerprint density at radius 1 is 1.28 bits per heavy atom. The molecule has 1 aliphatic carbocycles. The Bertz CT molecular complexity index is 225. The summed E-state index contributed by atoms with van der Waals surface area (Å²) in [7, 11) is 2.14. The normalized spacial score (nSPS) is 27.7. The van der Waals surface area contributed by atoms with Gasteiger partial charge in [0.25, 0.3) is 0 Å². The molecule has 0 aromatic rings. The molecule has 108 valence electrons. The smallest absolute Gasteiger partial charge is 0.0105 e. The molecule has 1 saturated carbocycles. The number of hydrogen-bond donors (Lipinski definition) is 1. The fourth-order valence-electron chi connectivity index (χ4n) is 3.40. The van der Waals surface area contributed by atoms with Crippen molar-refractivity contribution in [3.8, 4) is 0 Å². The van der Waals surface area contributed by atoms with Crippen molar-refractivity contribution in [2.24, 2.45) is 11.3 Å². The maximum Gasteiger partial charge on any atom is 0.0105 e. The second-order valence-electron chi connectivity index (χ2n) is 6.81. The molecule has 1 rings (SSSR count). The number of nitrogens with zero attached hydrogens (tertiary/aromatic N) is 1. The first-order chi connectivity index (χ1) is 8.52. The van der Waals surface area contributed by atoms with Gasteiger partial charge in [-0.05, 0) is 57.2 Å². The molecule has 0 amide bonds. The highest BCUT2D eigenvalue weighted by atomic mass is 15.1. The van der Waals surface area contributed by atoms with Crippen LogP contribution < -0.4 is 5.32 Å². The third kappa shape index (κ3) is 4.89.